The highest BCUT2D eigenvalue weighted by atomic mass is 19.1. The number of carbonyl (C=O) groups excluding carboxylic acids is 1. The van der Waals surface area contributed by atoms with Crippen molar-refractivity contribution < 1.29 is 9.18 Å². The fourth-order valence-corrected chi connectivity index (χ4v) is 1.23. The summed E-state index contributed by atoms with van der Waals surface area (Å²) in [5.41, 5.74) is -0.0202. The maximum Gasteiger partial charge on any atom is 0.259 e. The van der Waals surface area contributed by atoms with E-state index >= 15 is 0 Å². The van der Waals surface area contributed by atoms with Crippen LogP contribution in [0.3, 0.4) is 0 Å². The van der Waals surface area contributed by atoms with Crippen molar-refractivity contribution >= 4 is 11.7 Å². The maximum atomic E-state index is 13.2. The summed E-state index contributed by atoms with van der Waals surface area (Å²) < 4.78 is 13.2. The van der Waals surface area contributed by atoms with Crippen LogP contribution in [0.4, 0.5) is 10.2 Å². The zero-order valence-corrected chi connectivity index (χ0v) is 8.51. The van der Waals surface area contributed by atoms with Gasteiger partial charge in [-0.2, -0.15) is 9.90 Å². The predicted molar refractivity (Wildman–Crippen MR) is 55.4 cm³/mol. The van der Waals surface area contributed by atoms with Crippen molar-refractivity contribution in [1.29, 1.82) is 0 Å². The van der Waals surface area contributed by atoms with E-state index in [2.05, 4.69) is 15.5 Å². The summed E-state index contributed by atoms with van der Waals surface area (Å²) in [6, 6.07) is 5.75. The maximum absolute atomic E-state index is 13.2. The molecule has 2 aromatic rings. The van der Waals surface area contributed by atoms with E-state index in [0.717, 1.165) is 0 Å². The lowest BCUT2D eigenvalue weighted by Gasteiger charge is -2.01. The van der Waals surface area contributed by atoms with Crippen LogP contribution in [0.5, 0.6) is 0 Å². The monoisotopic (exact) mass is 220 g/mol. The first-order chi connectivity index (χ1) is 7.66. The molecule has 1 amide bonds. The average Bonchev–Trinajstić information content (AvgIpc) is 2.64. The molecule has 0 bridgehead atoms. The molecule has 0 aliphatic rings. The van der Waals surface area contributed by atoms with Crippen LogP contribution in [0, 0.1) is 5.82 Å². The SMILES string of the molecule is Cn1ncc(NC(=O)c2ccccc2F)n1. The Labute approximate surface area is 90.9 Å². The van der Waals surface area contributed by atoms with Gasteiger partial charge in [-0.3, -0.25) is 4.79 Å². The van der Waals surface area contributed by atoms with E-state index in [1.54, 1.807) is 13.1 Å². The normalized spacial score (nSPS) is 10.1. The van der Waals surface area contributed by atoms with Gasteiger partial charge in [0.15, 0.2) is 5.82 Å². The molecule has 82 valence electrons. The molecule has 0 aliphatic carbocycles. The molecule has 6 heteroatoms. The molecule has 0 atom stereocenters. The molecular weight excluding hydrogens is 211 g/mol. The third kappa shape index (κ3) is 2.05. The zero-order chi connectivity index (χ0) is 11.5. The fourth-order valence-electron chi connectivity index (χ4n) is 1.23. The third-order valence-electron chi connectivity index (χ3n) is 1.96. The first-order valence-corrected chi connectivity index (χ1v) is 4.59. The Kier molecular flexibility index (Phi) is 2.63. The van der Waals surface area contributed by atoms with Crippen molar-refractivity contribution in [1.82, 2.24) is 15.0 Å². The molecule has 5 nitrogen and oxygen atoms in total. The number of hydrogen-bond donors (Lipinski definition) is 1. The summed E-state index contributed by atoms with van der Waals surface area (Å²) in [7, 11) is 1.62. The Balaban J connectivity index is 2.18. The Morgan fingerprint density at radius 3 is 2.81 bits per heavy atom. The molecule has 16 heavy (non-hydrogen) atoms. The van der Waals surface area contributed by atoms with Crippen LogP contribution in [0.15, 0.2) is 30.5 Å². The number of anilines is 1. The highest BCUT2D eigenvalue weighted by molar-refractivity contribution is 6.03. The number of carbonyl (C=O) groups is 1. The Bertz CT molecular complexity index is 523. The molecule has 2 rings (SSSR count). The lowest BCUT2D eigenvalue weighted by atomic mass is 10.2. The van der Waals surface area contributed by atoms with Crippen LogP contribution in [0.25, 0.3) is 0 Å². The summed E-state index contributed by atoms with van der Waals surface area (Å²) in [6.07, 6.45) is 1.39. The molecule has 1 heterocycles. The van der Waals surface area contributed by atoms with Crippen molar-refractivity contribution in [2.45, 2.75) is 0 Å². The van der Waals surface area contributed by atoms with Gasteiger partial charge >= 0.3 is 0 Å². The standard InChI is InChI=1S/C10H9FN4O/c1-15-12-6-9(14-15)13-10(16)7-4-2-3-5-8(7)11/h2-6H,1H3,(H,13,14,16). The molecule has 1 N–H and O–H groups in total. The number of nitrogens with zero attached hydrogens (tertiary/aromatic N) is 3. The van der Waals surface area contributed by atoms with Gasteiger partial charge < -0.3 is 5.32 Å². The largest absolute Gasteiger partial charge is 0.304 e. The van der Waals surface area contributed by atoms with Gasteiger partial charge in [0.1, 0.15) is 5.82 Å². The Morgan fingerprint density at radius 2 is 2.19 bits per heavy atom. The van der Waals surface area contributed by atoms with Crippen LogP contribution in [-0.2, 0) is 7.05 Å². The number of halogens is 1. The molecule has 0 fully saturated rings. The first kappa shape index (κ1) is 10.3. The first-order valence-electron chi connectivity index (χ1n) is 4.59. The quantitative estimate of drug-likeness (QED) is 0.827. The second-order valence-corrected chi connectivity index (χ2v) is 3.15. The van der Waals surface area contributed by atoms with Crippen LogP contribution in [-0.4, -0.2) is 20.9 Å². The lowest BCUT2D eigenvalue weighted by Crippen LogP contribution is -2.14. The minimum absolute atomic E-state index is 0.0202. The highest BCUT2D eigenvalue weighted by Crippen LogP contribution is 2.08. The van der Waals surface area contributed by atoms with Crippen LogP contribution >= 0.6 is 0 Å². The smallest absolute Gasteiger partial charge is 0.259 e. The van der Waals surface area contributed by atoms with E-state index in [-0.39, 0.29) is 11.4 Å². The number of aryl methyl sites for hydroxylation is 1. The number of benzene rings is 1. The zero-order valence-electron chi connectivity index (χ0n) is 8.51. The minimum Gasteiger partial charge on any atom is -0.304 e. The predicted octanol–water partition coefficient (Wildman–Crippen LogP) is 1.21. The van der Waals surface area contributed by atoms with Crippen LogP contribution in [0.2, 0.25) is 0 Å². The Hall–Kier alpha value is -2.24. The topological polar surface area (TPSA) is 59.8 Å². The van der Waals surface area contributed by atoms with Gasteiger partial charge in [-0.1, -0.05) is 12.1 Å². The summed E-state index contributed by atoms with van der Waals surface area (Å²) in [5, 5.41) is 10.1. The van der Waals surface area contributed by atoms with Gasteiger partial charge in [0, 0.05) is 7.05 Å². The van der Waals surface area contributed by atoms with Crippen molar-refractivity contribution in [3.05, 3.63) is 41.8 Å². The van der Waals surface area contributed by atoms with Gasteiger partial charge in [0.2, 0.25) is 0 Å². The van der Waals surface area contributed by atoms with E-state index in [1.807, 2.05) is 0 Å². The van der Waals surface area contributed by atoms with Gasteiger partial charge in [0.05, 0.1) is 11.8 Å². The fraction of sp³-hybridized carbons (Fsp3) is 0.100. The molecule has 0 spiro atoms. The number of rotatable bonds is 2. The van der Waals surface area contributed by atoms with Gasteiger partial charge in [-0.25, -0.2) is 4.39 Å². The molecule has 0 radical (unpaired) electrons. The summed E-state index contributed by atoms with van der Waals surface area (Å²) in [5.74, 6) is -0.821. The third-order valence-corrected chi connectivity index (χ3v) is 1.96. The van der Waals surface area contributed by atoms with E-state index in [0.29, 0.717) is 0 Å². The Morgan fingerprint density at radius 1 is 1.44 bits per heavy atom. The van der Waals surface area contributed by atoms with Crippen molar-refractivity contribution in [2.75, 3.05) is 5.32 Å². The molecule has 0 saturated carbocycles. The van der Waals surface area contributed by atoms with Gasteiger partial charge in [-0.05, 0) is 12.1 Å². The van der Waals surface area contributed by atoms with E-state index < -0.39 is 11.7 Å². The summed E-state index contributed by atoms with van der Waals surface area (Å²) in [6.45, 7) is 0. The number of nitrogens with one attached hydrogen (secondary N) is 1. The molecule has 0 saturated heterocycles. The average molecular weight is 220 g/mol. The lowest BCUT2D eigenvalue weighted by molar-refractivity contribution is 0.102. The van der Waals surface area contributed by atoms with E-state index in [9.17, 15) is 9.18 Å². The van der Waals surface area contributed by atoms with Gasteiger partial charge in [-0.15, -0.1) is 5.10 Å². The molecule has 1 aromatic heterocycles. The van der Waals surface area contributed by atoms with Crippen LogP contribution < -0.4 is 5.32 Å². The highest BCUT2D eigenvalue weighted by Gasteiger charge is 2.11. The molecule has 0 aliphatic heterocycles. The van der Waals surface area contributed by atoms with Crippen molar-refractivity contribution in [3.8, 4) is 0 Å². The van der Waals surface area contributed by atoms with Crippen LogP contribution in [0.1, 0.15) is 10.4 Å². The number of amides is 1. The van der Waals surface area contributed by atoms with Crippen molar-refractivity contribution in [3.63, 3.8) is 0 Å². The second kappa shape index (κ2) is 4.09. The molecule has 0 unspecified atom stereocenters. The number of aromatic nitrogens is 3. The van der Waals surface area contributed by atoms with E-state index in [4.69, 9.17) is 0 Å². The van der Waals surface area contributed by atoms with Crippen molar-refractivity contribution in [2.24, 2.45) is 7.05 Å². The number of hydrogen-bond acceptors (Lipinski definition) is 3. The molecule has 1 aromatic carbocycles. The summed E-state index contributed by atoms with van der Waals surface area (Å²) in [4.78, 5) is 12.9. The second-order valence-electron chi connectivity index (χ2n) is 3.15. The summed E-state index contributed by atoms with van der Waals surface area (Å²) >= 11 is 0. The molecular formula is C10H9FN4O. The van der Waals surface area contributed by atoms with E-state index in [1.165, 1.54) is 29.2 Å². The van der Waals surface area contributed by atoms with Gasteiger partial charge in [0.25, 0.3) is 5.91 Å². The minimum atomic E-state index is -0.566.